The van der Waals surface area contributed by atoms with Crippen LogP contribution in [0.15, 0.2) is 27.8 Å². The second kappa shape index (κ2) is 8.72. The maximum absolute atomic E-state index is 5.30. The number of piperidine rings is 1. The Bertz CT molecular complexity index is 408. The molecular formula is C16H28N4O. The molecule has 1 fully saturated rings. The molecule has 0 saturated carbocycles. The summed E-state index contributed by atoms with van der Waals surface area (Å²) in [5.74, 6) is 2.62. The van der Waals surface area contributed by atoms with Crippen molar-refractivity contribution in [3.63, 3.8) is 0 Å². The molecule has 1 aromatic heterocycles. The van der Waals surface area contributed by atoms with Gasteiger partial charge in [0.15, 0.2) is 5.96 Å². The second-order valence-corrected chi connectivity index (χ2v) is 5.60. The molecule has 0 aliphatic carbocycles. The predicted molar refractivity (Wildman–Crippen MR) is 86.4 cm³/mol. The number of nitrogens with zero attached hydrogens (tertiary/aromatic N) is 2. The van der Waals surface area contributed by atoms with Crippen LogP contribution in [0.5, 0.6) is 0 Å². The average molecular weight is 292 g/mol. The molecule has 0 spiro atoms. The zero-order chi connectivity index (χ0) is 14.9. The largest absolute Gasteiger partial charge is 0.467 e. The van der Waals surface area contributed by atoms with Gasteiger partial charge < -0.3 is 20.0 Å². The number of aliphatic imine (C=N–C) groups is 1. The van der Waals surface area contributed by atoms with Crippen LogP contribution in [0.2, 0.25) is 0 Å². The third-order valence-electron chi connectivity index (χ3n) is 4.23. The molecule has 1 aromatic rings. The van der Waals surface area contributed by atoms with E-state index in [1.54, 1.807) is 13.3 Å². The van der Waals surface area contributed by atoms with Crippen LogP contribution in [0, 0.1) is 5.92 Å². The zero-order valence-corrected chi connectivity index (χ0v) is 13.3. The van der Waals surface area contributed by atoms with E-state index in [1.165, 1.54) is 38.9 Å². The molecule has 0 atom stereocenters. The van der Waals surface area contributed by atoms with Crippen molar-refractivity contribution in [2.24, 2.45) is 10.9 Å². The topological polar surface area (TPSA) is 52.8 Å². The Morgan fingerprint density at radius 3 is 2.81 bits per heavy atom. The van der Waals surface area contributed by atoms with Gasteiger partial charge in [-0.05, 0) is 56.9 Å². The Balaban J connectivity index is 1.60. The first kappa shape index (κ1) is 15.9. The minimum absolute atomic E-state index is 0.668. The van der Waals surface area contributed by atoms with Gasteiger partial charge in [0.1, 0.15) is 5.76 Å². The van der Waals surface area contributed by atoms with Gasteiger partial charge in [0, 0.05) is 13.6 Å². The molecule has 0 bridgehead atoms. The summed E-state index contributed by atoms with van der Waals surface area (Å²) in [7, 11) is 1.80. The van der Waals surface area contributed by atoms with Gasteiger partial charge in [-0.25, -0.2) is 0 Å². The highest BCUT2D eigenvalue weighted by Gasteiger charge is 2.17. The number of guanidine groups is 1. The first-order valence-electron chi connectivity index (χ1n) is 8.01. The molecule has 0 radical (unpaired) electrons. The molecule has 1 aliphatic heterocycles. The molecule has 0 amide bonds. The minimum atomic E-state index is 0.668. The maximum Gasteiger partial charge on any atom is 0.191 e. The van der Waals surface area contributed by atoms with Crippen LogP contribution in [-0.2, 0) is 6.54 Å². The van der Waals surface area contributed by atoms with E-state index in [2.05, 4.69) is 27.4 Å². The van der Waals surface area contributed by atoms with Gasteiger partial charge in [0.2, 0.25) is 0 Å². The summed E-state index contributed by atoms with van der Waals surface area (Å²) in [6, 6.07) is 3.86. The van der Waals surface area contributed by atoms with Gasteiger partial charge >= 0.3 is 0 Å². The number of hydrogen-bond donors (Lipinski definition) is 2. The Hall–Kier alpha value is -1.49. The highest BCUT2D eigenvalue weighted by molar-refractivity contribution is 5.79. The minimum Gasteiger partial charge on any atom is -0.467 e. The number of likely N-dealkylation sites (tertiary alicyclic amines) is 1. The van der Waals surface area contributed by atoms with Crippen LogP contribution < -0.4 is 10.6 Å². The van der Waals surface area contributed by atoms with E-state index in [1.807, 2.05) is 12.1 Å². The second-order valence-electron chi connectivity index (χ2n) is 5.60. The normalized spacial score (nSPS) is 17.9. The van der Waals surface area contributed by atoms with Gasteiger partial charge in [-0.2, -0.15) is 0 Å². The van der Waals surface area contributed by atoms with Crippen molar-refractivity contribution < 1.29 is 4.42 Å². The molecule has 5 nitrogen and oxygen atoms in total. The smallest absolute Gasteiger partial charge is 0.191 e. The fourth-order valence-electron chi connectivity index (χ4n) is 2.79. The van der Waals surface area contributed by atoms with E-state index in [-0.39, 0.29) is 0 Å². The maximum atomic E-state index is 5.30. The standard InChI is InChI=1S/C16H28N4O/c1-3-20-10-7-14(8-11-20)6-9-18-16(17-2)19-13-15-5-4-12-21-15/h4-5,12,14H,3,6-11,13H2,1-2H3,(H2,17,18,19). The molecule has 0 aromatic carbocycles. The molecule has 0 unspecified atom stereocenters. The third-order valence-corrected chi connectivity index (χ3v) is 4.23. The lowest BCUT2D eigenvalue weighted by Gasteiger charge is -2.31. The van der Waals surface area contributed by atoms with E-state index in [9.17, 15) is 0 Å². The lowest BCUT2D eigenvalue weighted by atomic mass is 9.93. The van der Waals surface area contributed by atoms with Gasteiger partial charge in [0.25, 0.3) is 0 Å². The first-order valence-corrected chi connectivity index (χ1v) is 8.01. The van der Waals surface area contributed by atoms with Crippen LogP contribution in [0.3, 0.4) is 0 Å². The van der Waals surface area contributed by atoms with Crippen molar-refractivity contribution in [1.29, 1.82) is 0 Å². The SMILES string of the molecule is CCN1CCC(CCNC(=NC)NCc2ccco2)CC1. The van der Waals surface area contributed by atoms with E-state index in [0.29, 0.717) is 6.54 Å². The van der Waals surface area contributed by atoms with E-state index in [4.69, 9.17) is 4.42 Å². The molecule has 1 saturated heterocycles. The molecule has 2 N–H and O–H groups in total. The summed E-state index contributed by atoms with van der Waals surface area (Å²) in [4.78, 5) is 6.78. The Labute approximate surface area is 127 Å². The van der Waals surface area contributed by atoms with Crippen molar-refractivity contribution in [3.05, 3.63) is 24.2 Å². The average Bonchev–Trinajstić information content (AvgIpc) is 3.04. The van der Waals surface area contributed by atoms with Gasteiger partial charge in [-0.15, -0.1) is 0 Å². The Morgan fingerprint density at radius 2 is 2.19 bits per heavy atom. The van der Waals surface area contributed by atoms with Gasteiger partial charge in [-0.1, -0.05) is 6.92 Å². The van der Waals surface area contributed by atoms with Crippen molar-refractivity contribution in [1.82, 2.24) is 15.5 Å². The first-order chi connectivity index (χ1) is 10.3. The third kappa shape index (κ3) is 5.42. The summed E-state index contributed by atoms with van der Waals surface area (Å²) in [5, 5.41) is 6.65. The highest BCUT2D eigenvalue weighted by Crippen LogP contribution is 2.19. The summed E-state index contributed by atoms with van der Waals surface area (Å²) in [6.45, 7) is 7.60. The molecule has 21 heavy (non-hydrogen) atoms. The van der Waals surface area contributed by atoms with Crippen LogP contribution in [0.4, 0.5) is 0 Å². The summed E-state index contributed by atoms with van der Waals surface area (Å²) in [6.07, 6.45) is 5.57. The monoisotopic (exact) mass is 292 g/mol. The van der Waals surface area contributed by atoms with E-state index in [0.717, 1.165) is 24.2 Å². The van der Waals surface area contributed by atoms with Crippen molar-refractivity contribution >= 4 is 5.96 Å². The van der Waals surface area contributed by atoms with Crippen LogP contribution in [0.25, 0.3) is 0 Å². The molecule has 2 rings (SSSR count). The summed E-state index contributed by atoms with van der Waals surface area (Å²) < 4.78 is 5.30. The van der Waals surface area contributed by atoms with Gasteiger partial charge in [-0.3, -0.25) is 4.99 Å². The number of hydrogen-bond acceptors (Lipinski definition) is 3. The van der Waals surface area contributed by atoms with E-state index >= 15 is 0 Å². The lowest BCUT2D eigenvalue weighted by Crippen LogP contribution is -2.39. The predicted octanol–water partition coefficient (Wildman–Crippen LogP) is 2.07. The van der Waals surface area contributed by atoms with Crippen molar-refractivity contribution in [3.8, 4) is 0 Å². The van der Waals surface area contributed by atoms with Crippen LogP contribution >= 0.6 is 0 Å². The highest BCUT2D eigenvalue weighted by atomic mass is 16.3. The van der Waals surface area contributed by atoms with Gasteiger partial charge in [0.05, 0.1) is 12.8 Å². The lowest BCUT2D eigenvalue weighted by molar-refractivity contribution is 0.187. The Morgan fingerprint density at radius 1 is 1.38 bits per heavy atom. The van der Waals surface area contributed by atoms with Crippen molar-refractivity contribution in [2.75, 3.05) is 33.2 Å². The molecule has 118 valence electrons. The number of furan rings is 1. The summed E-state index contributed by atoms with van der Waals surface area (Å²) in [5.41, 5.74) is 0. The Kier molecular flexibility index (Phi) is 6.60. The molecule has 2 heterocycles. The van der Waals surface area contributed by atoms with E-state index < -0.39 is 0 Å². The quantitative estimate of drug-likeness (QED) is 0.622. The van der Waals surface area contributed by atoms with Crippen LogP contribution in [0.1, 0.15) is 31.9 Å². The van der Waals surface area contributed by atoms with Crippen molar-refractivity contribution in [2.45, 2.75) is 32.7 Å². The van der Waals surface area contributed by atoms with Crippen LogP contribution in [-0.4, -0.2) is 44.1 Å². The fourth-order valence-corrected chi connectivity index (χ4v) is 2.79. The molecule has 5 heteroatoms. The summed E-state index contributed by atoms with van der Waals surface area (Å²) >= 11 is 0. The number of rotatable bonds is 6. The molecular weight excluding hydrogens is 264 g/mol. The fraction of sp³-hybridized carbons (Fsp3) is 0.688. The number of nitrogens with one attached hydrogen (secondary N) is 2. The molecule has 1 aliphatic rings. The zero-order valence-electron chi connectivity index (χ0n) is 13.3.